The van der Waals surface area contributed by atoms with Gasteiger partial charge in [-0.1, -0.05) is 12.1 Å². The quantitative estimate of drug-likeness (QED) is 0.874. The molecule has 2 rings (SSSR count). The maximum atomic E-state index is 11.3. The van der Waals surface area contributed by atoms with Gasteiger partial charge in [0.25, 0.3) is 5.91 Å². The molecule has 5 heteroatoms. The van der Waals surface area contributed by atoms with Crippen molar-refractivity contribution in [2.24, 2.45) is 5.73 Å². The van der Waals surface area contributed by atoms with Crippen LogP contribution in [0.3, 0.4) is 0 Å². The van der Waals surface area contributed by atoms with Gasteiger partial charge in [0.15, 0.2) is 0 Å². The minimum Gasteiger partial charge on any atom is -0.455 e. The first kappa shape index (κ1) is 14.0. The summed E-state index contributed by atoms with van der Waals surface area (Å²) in [5.41, 5.74) is 6.57. The number of benzene rings is 1. The van der Waals surface area contributed by atoms with Crippen LogP contribution in [0.15, 0.2) is 42.6 Å². The van der Waals surface area contributed by atoms with Crippen LogP contribution in [0.4, 0.5) is 0 Å². The molecule has 1 amide bonds. The van der Waals surface area contributed by atoms with Gasteiger partial charge in [-0.15, -0.1) is 0 Å². The van der Waals surface area contributed by atoms with Gasteiger partial charge in [-0.05, 0) is 38.2 Å². The molecule has 0 aliphatic rings. The van der Waals surface area contributed by atoms with Gasteiger partial charge >= 0.3 is 0 Å². The minimum atomic E-state index is -0.519. The van der Waals surface area contributed by atoms with E-state index >= 15 is 0 Å². The highest BCUT2D eigenvalue weighted by Gasteiger charge is 2.10. The number of primary amides is 1. The number of hydrogen-bond acceptors (Lipinski definition) is 4. The zero-order valence-corrected chi connectivity index (χ0v) is 11.5. The summed E-state index contributed by atoms with van der Waals surface area (Å²) in [4.78, 5) is 15.6. The van der Waals surface area contributed by atoms with Gasteiger partial charge in [0.05, 0.1) is 17.5 Å². The van der Waals surface area contributed by atoms with Gasteiger partial charge in [-0.2, -0.15) is 0 Å². The van der Waals surface area contributed by atoms with Crippen molar-refractivity contribution in [1.29, 1.82) is 0 Å². The molecular weight excluding hydrogens is 254 g/mol. The number of nitrogens with one attached hydrogen (secondary N) is 1. The van der Waals surface area contributed by atoms with E-state index in [-0.39, 0.29) is 6.04 Å². The Morgan fingerprint density at radius 1 is 1.30 bits per heavy atom. The molecule has 3 N–H and O–H groups in total. The number of para-hydroxylation sites is 1. The van der Waals surface area contributed by atoms with Crippen molar-refractivity contribution >= 4 is 5.91 Å². The molecule has 5 nitrogen and oxygen atoms in total. The van der Waals surface area contributed by atoms with Crippen molar-refractivity contribution in [2.75, 3.05) is 7.05 Å². The lowest BCUT2D eigenvalue weighted by Crippen LogP contribution is -2.13. The van der Waals surface area contributed by atoms with Crippen molar-refractivity contribution in [3.05, 3.63) is 53.9 Å². The summed E-state index contributed by atoms with van der Waals surface area (Å²) in [7, 11) is 1.87. The van der Waals surface area contributed by atoms with Crippen LogP contribution in [0.2, 0.25) is 0 Å². The molecule has 1 aromatic carbocycles. The zero-order valence-electron chi connectivity index (χ0n) is 11.5. The van der Waals surface area contributed by atoms with Crippen LogP contribution in [0, 0.1) is 0 Å². The van der Waals surface area contributed by atoms with E-state index in [2.05, 4.69) is 10.3 Å². The fourth-order valence-electron chi connectivity index (χ4n) is 1.74. The Balaban J connectivity index is 2.20. The number of rotatable bonds is 5. The molecule has 0 saturated heterocycles. The Bertz CT molecular complexity index is 596. The van der Waals surface area contributed by atoms with E-state index in [1.165, 1.54) is 0 Å². The summed E-state index contributed by atoms with van der Waals surface area (Å²) in [6.45, 7) is 2.02. The van der Waals surface area contributed by atoms with Crippen LogP contribution in [-0.2, 0) is 0 Å². The molecule has 104 valence electrons. The maximum Gasteiger partial charge on any atom is 0.252 e. The predicted molar refractivity (Wildman–Crippen MR) is 76.7 cm³/mol. The predicted octanol–water partition coefficient (Wildman–Crippen LogP) is 2.25. The Morgan fingerprint density at radius 2 is 2.05 bits per heavy atom. The number of carbonyl (C=O) groups is 1. The Kier molecular flexibility index (Phi) is 4.32. The Labute approximate surface area is 117 Å². The van der Waals surface area contributed by atoms with Gasteiger partial charge < -0.3 is 15.8 Å². The maximum absolute atomic E-state index is 11.3. The summed E-state index contributed by atoms with van der Waals surface area (Å²) in [5.74, 6) is 0.468. The van der Waals surface area contributed by atoms with Crippen molar-refractivity contribution in [1.82, 2.24) is 10.3 Å². The third-order valence-corrected chi connectivity index (χ3v) is 3.02. The Hall–Kier alpha value is -2.40. The van der Waals surface area contributed by atoms with Gasteiger partial charge in [0, 0.05) is 6.04 Å². The molecule has 0 aliphatic carbocycles. The second-order valence-electron chi connectivity index (χ2n) is 4.39. The van der Waals surface area contributed by atoms with Crippen molar-refractivity contribution in [3.8, 4) is 11.5 Å². The van der Waals surface area contributed by atoms with Crippen LogP contribution >= 0.6 is 0 Å². The summed E-state index contributed by atoms with van der Waals surface area (Å²) in [5, 5.41) is 3.11. The summed E-state index contributed by atoms with van der Waals surface area (Å²) in [6, 6.07) is 10.7. The second kappa shape index (κ2) is 6.16. The molecule has 0 saturated carbocycles. The lowest BCUT2D eigenvalue weighted by Gasteiger charge is -2.11. The average molecular weight is 271 g/mol. The molecule has 0 radical (unpaired) electrons. The van der Waals surface area contributed by atoms with Crippen LogP contribution < -0.4 is 15.8 Å². The van der Waals surface area contributed by atoms with Crippen LogP contribution in [0.25, 0.3) is 0 Å². The number of nitrogens with two attached hydrogens (primary N) is 1. The third kappa shape index (κ3) is 3.13. The number of carbonyl (C=O) groups excluding carboxylic acids is 1. The SMILES string of the molecule is CNC(C)c1ccc(Oc2ccccc2C(N)=O)cn1. The van der Waals surface area contributed by atoms with E-state index in [1.807, 2.05) is 26.1 Å². The number of nitrogens with zero attached hydrogens (tertiary/aromatic N) is 1. The molecule has 1 atom stereocenters. The topological polar surface area (TPSA) is 77.2 Å². The van der Waals surface area contributed by atoms with Crippen molar-refractivity contribution < 1.29 is 9.53 Å². The number of pyridine rings is 1. The number of aromatic nitrogens is 1. The largest absolute Gasteiger partial charge is 0.455 e. The van der Waals surface area contributed by atoms with Gasteiger partial charge in [-0.25, -0.2) is 0 Å². The molecule has 0 spiro atoms. The molecule has 0 aliphatic heterocycles. The molecule has 2 aromatic rings. The molecule has 0 bridgehead atoms. The third-order valence-electron chi connectivity index (χ3n) is 3.02. The minimum absolute atomic E-state index is 0.168. The summed E-state index contributed by atoms with van der Waals surface area (Å²) >= 11 is 0. The number of ether oxygens (including phenoxy) is 1. The van der Waals surface area contributed by atoms with Crippen molar-refractivity contribution in [2.45, 2.75) is 13.0 Å². The first-order valence-electron chi connectivity index (χ1n) is 6.31. The van der Waals surface area contributed by atoms with E-state index in [0.717, 1.165) is 5.69 Å². The summed E-state index contributed by atoms with van der Waals surface area (Å²) in [6.07, 6.45) is 1.63. The molecule has 1 unspecified atom stereocenters. The van der Waals surface area contributed by atoms with Crippen LogP contribution in [-0.4, -0.2) is 17.9 Å². The van der Waals surface area contributed by atoms with Gasteiger partial charge in [-0.3, -0.25) is 9.78 Å². The fraction of sp³-hybridized carbons (Fsp3) is 0.200. The van der Waals surface area contributed by atoms with Gasteiger partial charge in [0.2, 0.25) is 0 Å². The van der Waals surface area contributed by atoms with Gasteiger partial charge in [0.1, 0.15) is 11.5 Å². The van der Waals surface area contributed by atoms with E-state index < -0.39 is 5.91 Å². The standard InChI is InChI=1S/C15H17N3O2/c1-10(17-2)13-8-7-11(9-18-13)20-14-6-4-3-5-12(14)15(16)19/h3-10,17H,1-2H3,(H2,16,19). The van der Waals surface area contributed by atoms with E-state index in [0.29, 0.717) is 17.1 Å². The second-order valence-corrected chi connectivity index (χ2v) is 4.39. The molecule has 1 aromatic heterocycles. The monoisotopic (exact) mass is 271 g/mol. The smallest absolute Gasteiger partial charge is 0.252 e. The van der Waals surface area contributed by atoms with E-state index in [9.17, 15) is 4.79 Å². The molecular formula is C15H17N3O2. The zero-order chi connectivity index (χ0) is 14.5. The highest BCUT2D eigenvalue weighted by Crippen LogP contribution is 2.25. The molecule has 0 fully saturated rings. The van der Waals surface area contributed by atoms with Crippen LogP contribution in [0.1, 0.15) is 29.0 Å². The fourth-order valence-corrected chi connectivity index (χ4v) is 1.74. The Morgan fingerprint density at radius 3 is 2.65 bits per heavy atom. The lowest BCUT2D eigenvalue weighted by atomic mass is 10.2. The van der Waals surface area contributed by atoms with E-state index in [4.69, 9.17) is 10.5 Å². The summed E-state index contributed by atoms with van der Waals surface area (Å²) < 4.78 is 5.66. The molecule has 1 heterocycles. The highest BCUT2D eigenvalue weighted by molar-refractivity contribution is 5.95. The first-order valence-corrected chi connectivity index (χ1v) is 6.31. The first-order chi connectivity index (χ1) is 9.61. The highest BCUT2D eigenvalue weighted by atomic mass is 16.5. The number of amides is 1. The number of hydrogen-bond donors (Lipinski definition) is 2. The normalized spacial score (nSPS) is 11.9. The lowest BCUT2D eigenvalue weighted by molar-refractivity contribution is 0.0998. The molecule has 20 heavy (non-hydrogen) atoms. The average Bonchev–Trinajstić information content (AvgIpc) is 2.47. The van der Waals surface area contributed by atoms with Crippen LogP contribution in [0.5, 0.6) is 11.5 Å². The van der Waals surface area contributed by atoms with E-state index in [1.54, 1.807) is 30.5 Å². The van der Waals surface area contributed by atoms with Crippen molar-refractivity contribution in [3.63, 3.8) is 0 Å².